The van der Waals surface area contributed by atoms with E-state index >= 15 is 0 Å². The third-order valence-corrected chi connectivity index (χ3v) is 8.09. The molecule has 10 nitrogen and oxygen atoms in total. The molecule has 10 heteroatoms. The van der Waals surface area contributed by atoms with Crippen LogP contribution in [0.1, 0.15) is 36.8 Å². The summed E-state index contributed by atoms with van der Waals surface area (Å²) < 4.78 is 33.7. The number of hydrogen-bond acceptors (Lipinski definition) is 8. The average molecular weight is 581 g/mol. The summed E-state index contributed by atoms with van der Waals surface area (Å²) in [6.07, 6.45) is 0.840. The Morgan fingerprint density at radius 2 is 1.51 bits per heavy atom. The van der Waals surface area contributed by atoms with Crippen molar-refractivity contribution in [3.05, 3.63) is 125 Å². The van der Waals surface area contributed by atoms with Crippen LogP contribution in [0, 0.1) is 0 Å². The van der Waals surface area contributed by atoms with Gasteiger partial charge in [-0.2, -0.15) is 0 Å². The van der Waals surface area contributed by atoms with Crippen LogP contribution in [-0.4, -0.2) is 57.3 Å². The average Bonchev–Trinajstić information content (AvgIpc) is 3.70. The second-order valence-electron chi connectivity index (χ2n) is 11.1. The third kappa shape index (κ3) is 4.72. The number of H-pyrrole nitrogens is 1. The highest BCUT2D eigenvalue weighted by Gasteiger charge is 2.57. The smallest absolute Gasteiger partial charge is 0.278 e. The molecule has 4 atom stereocenters. The zero-order chi connectivity index (χ0) is 29.6. The molecular weight excluding hydrogens is 548 g/mol. The molecule has 2 aliphatic heterocycles. The van der Waals surface area contributed by atoms with E-state index in [1.807, 2.05) is 74.5 Å². The lowest BCUT2D eigenvalue weighted by Gasteiger charge is -2.37. The van der Waals surface area contributed by atoms with Gasteiger partial charge in [0.1, 0.15) is 29.7 Å². The topological polar surface area (TPSA) is 110 Å². The summed E-state index contributed by atoms with van der Waals surface area (Å²) in [4.78, 5) is 23.6. The van der Waals surface area contributed by atoms with Gasteiger partial charge in [-0.3, -0.25) is 9.36 Å². The van der Waals surface area contributed by atoms with Gasteiger partial charge in [-0.15, -0.1) is 0 Å². The molecule has 2 saturated heterocycles. The summed E-state index contributed by atoms with van der Waals surface area (Å²) in [7, 11) is 1.65. The molecule has 2 aromatic heterocycles. The van der Waals surface area contributed by atoms with E-state index in [-0.39, 0.29) is 17.7 Å². The largest absolute Gasteiger partial charge is 0.497 e. The fourth-order valence-corrected chi connectivity index (χ4v) is 6.20. The maximum absolute atomic E-state index is 12.4. The normalized spacial score (nSPS) is 23.0. The van der Waals surface area contributed by atoms with Crippen LogP contribution < -0.4 is 10.3 Å². The van der Waals surface area contributed by atoms with Gasteiger partial charge in [-0.05, 0) is 42.7 Å². The zero-order valence-corrected chi connectivity index (χ0v) is 24.0. The lowest BCUT2D eigenvalue weighted by atomic mass is 9.80. The van der Waals surface area contributed by atoms with E-state index in [2.05, 4.69) is 39.2 Å². The third-order valence-electron chi connectivity index (χ3n) is 8.09. The predicted octanol–water partition coefficient (Wildman–Crippen LogP) is 4.55. The monoisotopic (exact) mass is 580 g/mol. The summed E-state index contributed by atoms with van der Waals surface area (Å²) in [6.45, 7) is 3.93. The van der Waals surface area contributed by atoms with Crippen molar-refractivity contribution >= 4 is 11.2 Å². The van der Waals surface area contributed by atoms with Crippen molar-refractivity contribution in [2.75, 3.05) is 13.7 Å². The van der Waals surface area contributed by atoms with Gasteiger partial charge in [0, 0.05) is 0 Å². The van der Waals surface area contributed by atoms with E-state index in [9.17, 15) is 4.79 Å². The first-order valence-electron chi connectivity index (χ1n) is 14.2. The molecule has 220 valence electrons. The van der Waals surface area contributed by atoms with Crippen molar-refractivity contribution in [2.24, 2.45) is 0 Å². The fraction of sp³-hybridized carbons (Fsp3) is 0.303. The molecule has 0 saturated carbocycles. The van der Waals surface area contributed by atoms with E-state index in [0.717, 1.165) is 22.4 Å². The molecule has 4 heterocycles. The minimum Gasteiger partial charge on any atom is -0.497 e. The van der Waals surface area contributed by atoms with Crippen LogP contribution in [0.25, 0.3) is 11.2 Å². The first-order valence-corrected chi connectivity index (χ1v) is 14.2. The standard InChI is InChI=1S/C33H32N4O6/c1-32(2)42-27-25(41-31(28(27)43-32)37-20-36-26-29(37)34-19-35-30(26)38)18-40-33(21-10-6-4-7-11-21,22-12-8-5-9-13-22)23-14-16-24(39-3)17-15-23/h4-17,19-20,25,27-28,31H,18H2,1-3H3,(H,34,35,38)/t25-,27-,28-,31-/m1/s1. The second kappa shape index (κ2) is 10.7. The number of nitrogens with one attached hydrogen (secondary N) is 1. The van der Waals surface area contributed by atoms with E-state index in [4.69, 9.17) is 23.7 Å². The molecule has 1 N–H and O–H groups in total. The molecule has 43 heavy (non-hydrogen) atoms. The maximum atomic E-state index is 12.4. The van der Waals surface area contributed by atoms with E-state index < -0.39 is 35.9 Å². The number of fused-ring (bicyclic) bond motifs is 2. The SMILES string of the molecule is COc1ccc(C(OC[C@H]2O[C@@H](n3cnc4c(=O)[nH]cnc43)[C@@H]3OC(C)(C)O[C@@H]32)(c2ccccc2)c2ccccc2)cc1. The van der Waals surface area contributed by atoms with Gasteiger partial charge in [0.25, 0.3) is 5.56 Å². The van der Waals surface area contributed by atoms with Gasteiger partial charge >= 0.3 is 0 Å². The van der Waals surface area contributed by atoms with Crippen LogP contribution in [0.5, 0.6) is 5.75 Å². The Morgan fingerprint density at radius 1 is 0.884 bits per heavy atom. The molecule has 5 aromatic rings. The Balaban J connectivity index is 1.29. The van der Waals surface area contributed by atoms with Crippen molar-refractivity contribution in [1.29, 1.82) is 0 Å². The number of nitrogens with zero attached hydrogens (tertiary/aromatic N) is 3. The van der Waals surface area contributed by atoms with E-state index in [1.54, 1.807) is 18.0 Å². The summed E-state index contributed by atoms with van der Waals surface area (Å²) in [5.41, 5.74) is 2.20. The molecule has 7 rings (SSSR count). The molecule has 0 bridgehead atoms. The van der Waals surface area contributed by atoms with Gasteiger partial charge in [-0.25, -0.2) is 9.97 Å². The van der Waals surface area contributed by atoms with Crippen LogP contribution in [0.4, 0.5) is 0 Å². The number of benzene rings is 3. The minimum absolute atomic E-state index is 0.174. The Hall–Kier alpha value is -4.35. The summed E-state index contributed by atoms with van der Waals surface area (Å²) in [5.74, 6) is -0.0923. The molecule has 0 amide bonds. The predicted molar refractivity (Wildman–Crippen MR) is 158 cm³/mol. The van der Waals surface area contributed by atoms with Crippen LogP contribution in [0.3, 0.4) is 0 Å². The van der Waals surface area contributed by atoms with Gasteiger partial charge in [0.05, 0.1) is 26.4 Å². The Morgan fingerprint density at radius 3 is 2.16 bits per heavy atom. The number of hydrogen-bond donors (Lipinski definition) is 1. The lowest BCUT2D eigenvalue weighted by Crippen LogP contribution is -2.39. The van der Waals surface area contributed by atoms with Crippen molar-refractivity contribution < 1.29 is 23.7 Å². The number of aromatic nitrogens is 4. The van der Waals surface area contributed by atoms with E-state index in [0.29, 0.717) is 5.65 Å². The number of imidazole rings is 1. The van der Waals surface area contributed by atoms with Gasteiger partial charge < -0.3 is 28.7 Å². The number of ether oxygens (including phenoxy) is 5. The van der Waals surface area contributed by atoms with Crippen molar-refractivity contribution in [3.63, 3.8) is 0 Å². The van der Waals surface area contributed by atoms with Crippen molar-refractivity contribution in [1.82, 2.24) is 19.5 Å². The highest BCUT2D eigenvalue weighted by Crippen LogP contribution is 2.46. The molecule has 0 spiro atoms. The quantitative estimate of drug-likeness (QED) is 0.266. The van der Waals surface area contributed by atoms with E-state index in [1.165, 1.54) is 6.33 Å². The van der Waals surface area contributed by atoms with Crippen LogP contribution in [0.2, 0.25) is 0 Å². The number of methoxy groups -OCH3 is 1. The Bertz CT molecular complexity index is 1730. The summed E-state index contributed by atoms with van der Waals surface area (Å²) >= 11 is 0. The minimum atomic E-state index is -0.975. The summed E-state index contributed by atoms with van der Waals surface area (Å²) in [6, 6.07) is 28.2. The molecule has 3 aromatic carbocycles. The van der Waals surface area contributed by atoms with Crippen molar-refractivity contribution in [2.45, 2.75) is 49.8 Å². The van der Waals surface area contributed by atoms with Gasteiger partial charge in [0.15, 0.2) is 23.2 Å². The molecule has 0 radical (unpaired) electrons. The molecule has 2 fully saturated rings. The molecular formula is C33H32N4O6. The van der Waals surface area contributed by atoms with Crippen LogP contribution >= 0.6 is 0 Å². The summed E-state index contributed by atoms with van der Waals surface area (Å²) in [5, 5.41) is 0. The number of rotatable bonds is 8. The first-order chi connectivity index (χ1) is 20.9. The highest BCUT2D eigenvalue weighted by molar-refractivity contribution is 5.68. The molecule has 0 unspecified atom stereocenters. The zero-order valence-electron chi connectivity index (χ0n) is 24.0. The van der Waals surface area contributed by atoms with Gasteiger partial charge in [0.2, 0.25) is 0 Å². The highest BCUT2D eigenvalue weighted by atomic mass is 16.8. The number of aromatic amines is 1. The maximum Gasteiger partial charge on any atom is 0.278 e. The Kier molecular flexibility index (Phi) is 6.86. The van der Waals surface area contributed by atoms with Crippen LogP contribution in [-0.2, 0) is 24.5 Å². The lowest BCUT2D eigenvalue weighted by molar-refractivity contribution is -0.204. The fourth-order valence-electron chi connectivity index (χ4n) is 6.20. The molecule has 0 aliphatic carbocycles. The van der Waals surface area contributed by atoms with Crippen molar-refractivity contribution in [3.8, 4) is 5.75 Å². The van der Waals surface area contributed by atoms with Crippen LogP contribution in [0.15, 0.2) is 102 Å². The molecule has 2 aliphatic rings. The Labute approximate surface area is 248 Å². The van der Waals surface area contributed by atoms with Gasteiger partial charge in [-0.1, -0.05) is 72.8 Å². The second-order valence-corrected chi connectivity index (χ2v) is 11.1. The first kappa shape index (κ1) is 27.5.